The first kappa shape index (κ1) is 15.3. The van der Waals surface area contributed by atoms with E-state index in [9.17, 15) is 8.78 Å². The van der Waals surface area contributed by atoms with E-state index in [1.54, 1.807) is 13.0 Å². The molecular weight excluding hydrogens is 300 g/mol. The minimum atomic E-state index is -0.579. The molecule has 3 nitrogen and oxygen atoms in total. The van der Waals surface area contributed by atoms with E-state index in [4.69, 9.17) is 21.5 Å². The second-order valence-corrected chi connectivity index (χ2v) is 4.73. The molecular formula is C15H12ClF2NO2. The lowest BCUT2D eigenvalue weighted by molar-refractivity contribution is 0.296. The van der Waals surface area contributed by atoms with Gasteiger partial charge in [0.2, 0.25) is 0 Å². The van der Waals surface area contributed by atoms with Crippen LogP contribution in [0.25, 0.3) is 0 Å². The summed E-state index contributed by atoms with van der Waals surface area (Å²) in [6.07, 6.45) is 0. The molecule has 0 fully saturated rings. The van der Waals surface area contributed by atoms with Crippen molar-refractivity contribution in [2.45, 2.75) is 13.5 Å². The van der Waals surface area contributed by atoms with Gasteiger partial charge in [0.25, 0.3) is 0 Å². The molecule has 110 valence electrons. The van der Waals surface area contributed by atoms with Gasteiger partial charge in [0.1, 0.15) is 24.0 Å². The van der Waals surface area contributed by atoms with Crippen molar-refractivity contribution in [2.75, 3.05) is 0 Å². The Morgan fingerprint density at radius 1 is 1.29 bits per heavy atom. The van der Waals surface area contributed by atoms with E-state index < -0.39 is 11.6 Å². The normalized spacial score (nSPS) is 11.5. The third-order valence-electron chi connectivity index (χ3n) is 2.90. The zero-order valence-corrected chi connectivity index (χ0v) is 11.9. The quantitative estimate of drug-likeness (QED) is 0.517. The zero-order chi connectivity index (χ0) is 15.4. The summed E-state index contributed by atoms with van der Waals surface area (Å²) in [7, 11) is 0. The van der Waals surface area contributed by atoms with E-state index >= 15 is 0 Å². The van der Waals surface area contributed by atoms with E-state index in [0.717, 1.165) is 6.07 Å². The van der Waals surface area contributed by atoms with Crippen LogP contribution in [0.15, 0.2) is 41.6 Å². The molecule has 2 aromatic carbocycles. The van der Waals surface area contributed by atoms with Gasteiger partial charge < -0.3 is 9.94 Å². The third-order valence-corrected chi connectivity index (χ3v) is 3.19. The van der Waals surface area contributed by atoms with Crippen LogP contribution in [0.2, 0.25) is 5.02 Å². The molecule has 0 aliphatic carbocycles. The molecule has 0 amide bonds. The molecule has 6 heteroatoms. The van der Waals surface area contributed by atoms with Gasteiger partial charge in [0.05, 0.1) is 10.7 Å². The molecule has 0 aliphatic rings. The second kappa shape index (κ2) is 6.54. The monoisotopic (exact) mass is 311 g/mol. The molecule has 0 spiro atoms. The summed E-state index contributed by atoms with van der Waals surface area (Å²) in [6.45, 7) is 1.42. The fourth-order valence-corrected chi connectivity index (χ4v) is 1.98. The van der Waals surface area contributed by atoms with Crippen LogP contribution in [-0.2, 0) is 6.61 Å². The van der Waals surface area contributed by atoms with Crippen molar-refractivity contribution in [3.63, 3.8) is 0 Å². The average molecular weight is 312 g/mol. The molecule has 0 atom stereocenters. The lowest BCUT2D eigenvalue weighted by Gasteiger charge is -2.12. The molecule has 0 unspecified atom stereocenters. The first-order valence-electron chi connectivity index (χ1n) is 6.07. The molecule has 0 aliphatic heterocycles. The van der Waals surface area contributed by atoms with Crippen LogP contribution in [-0.4, -0.2) is 10.9 Å². The molecule has 2 rings (SSSR count). The fraction of sp³-hybridized carbons (Fsp3) is 0.133. The van der Waals surface area contributed by atoms with Crippen LogP contribution in [0.4, 0.5) is 8.78 Å². The maximum Gasteiger partial charge on any atom is 0.148 e. The Morgan fingerprint density at radius 3 is 2.76 bits per heavy atom. The first-order valence-corrected chi connectivity index (χ1v) is 6.45. The van der Waals surface area contributed by atoms with Crippen LogP contribution in [0.1, 0.15) is 18.1 Å². The number of nitrogens with zero attached hydrogens (tertiary/aromatic N) is 1. The Kier molecular flexibility index (Phi) is 4.75. The van der Waals surface area contributed by atoms with Gasteiger partial charge in [0, 0.05) is 17.2 Å². The van der Waals surface area contributed by atoms with Gasteiger partial charge >= 0.3 is 0 Å². The Balaban J connectivity index is 2.27. The van der Waals surface area contributed by atoms with Gasteiger partial charge in [-0.3, -0.25) is 0 Å². The number of benzene rings is 2. The lowest BCUT2D eigenvalue weighted by Crippen LogP contribution is -2.04. The highest BCUT2D eigenvalue weighted by Gasteiger charge is 2.11. The van der Waals surface area contributed by atoms with E-state index in [1.807, 2.05) is 0 Å². The second-order valence-electron chi connectivity index (χ2n) is 4.33. The summed E-state index contributed by atoms with van der Waals surface area (Å²) in [5.74, 6) is -0.930. The maximum absolute atomic E-state index is 13.8. The Hall–Kier alpha value is -2.14. The van der Waals surface area contributed by atoms with Crippen molar-refractivity contribution in [1.82, 2.24) is 0 Å². The fourth-order valence-electron chi connectivity index (χ4n) is 1.78. The molecule has 21 heavy (non-hydrogen) atoms. The van der Waals surface area contributed by atoms with E-state index in [0.29, 0.717) is 5.56 Å². The van der Waals surface area contributed by atoms with E-state index in [-0.39, 0.29) is 28.7 Å². The van der Waals surface area contributed by atoms with Crippen molar-refractivity contribution in [2.24, 2.45) is 5.16 Å². The Morgan fingerprint density at radius 2 is 2.05 bits per heavy atom. The topological polar surface area (TPSA) is 41.8 Å². The van der Waals surface area contributed by atoms with Gasteiger partial charge in [-0.25, -0.2) is 8.78 Å². The van der Waals surface area contributed by atoms with Gasteiger partial charge in [-0.05, 0) is 25.1 Å². The smallest absolute Gasteiger partial charge is 0.148 e. The highest BCUT2D eigenvalue weighted by Crippen LogP contribution is 2.24. The van der Waals surface area contributed by atoms with Crippen LogP contribution in [0, 0.1) is 11.6 Å². The van der Waals surface area contributed by atoms with Crippen molar-refractivity contribution in [3.8, 4) is 5.75 Å². The summed E-state index contributed by atoms with van der Waals surface area (Å²) in [6, 6.07) is 8.33. The molecule has 0 bridgehead atoms. The minimum Gasteiger partial charge on any atom is -0.488 e. The summed E-state index contributed by atoms with van der Waals surface area (Å²) in [5, 5.41) is 11.9. The average Bonchev–Trinajstić information content (AvgIpc) is 2.48. The number of rotatable bonds is 4. The molecule has 2 aromatic rings. The zero-order valence-electron chi connectivity index (χ0n) is 11.1. The number of hydrogen-bond donors (Lipinski definition) is 1. The van der Waals surface area contributed by atoms with Crippen molar-refractivity contribution >= 4 is 17.3 Å². The summed E-state index contributed by atoms with van der Waals surface area (Å²) in [5.41, 5.74) is 0.925. The number of oxime groups is 1. The number of halogens is 3. The SMILES string of the molecule is C/C(=N/O)c1ccc(F)cc1OCc1cccc(Cl)c1F. The predicted molar refractivity (Wildman–Crippen MR) is 76.1 cm³/mol. The summed E-state index contributed by atoms with van der Waals surface area (Å²) >= 11 is 5.68. The largest absolute Gasteiger partial charge is 0.488 e. The predicted octanol–water partition coefficient (Wildman–Crippen LogP) is 4.40. The van der Waals surface area contributed by atoms with Gasteiger partial charge in [0.15, 0.2) is 0 Å². The van der Waals surface area contributed by atoms with Gasteiger partial charge in [-0.1, -0.05) is 28.9 Å². The molecule has 0 radical (unpaired) electrons. The van der Waals surface area contributed by atoms with E-state index in [1.165, 1.54) is 24.3 Å². The van der Waals surface area contributed by atoms with Crippen LogP contribution >= 0.6 is 11.6 Å². The molecule has 0 heterocycles. The molecule has 0 saturated carbocycles. The third kappa shape index (κ3) is 3.49. The highest BCUT2D eigenvalue weighted by atomic mass is 35.5. The minimum absolute atomic E-state index is 0.0105. The molecule has 0 saturated heterocycles. The Labute approximate surface area is 125 Å². The summed E-state index contributed by atoms with van der Waals surface area (Å²) < 4.78 is 32.5. The number of ether oxygens (including phenoxy) is 1. The first-order chi connectivity index (χ1) is 10.0. The molecule has 1 N–H and O–H groups in total. The van der Waals surface area contributed by atoms with Gasteiger partial charge in [-0.15, -0.1) is 0 Å². The Bertz CT molecular complexity index is 689. The lowest BCUT2D eigenvalue weighted by atomic mass is 10.1. The summed E-state index contributed by atoms with van der Waals surface area (Å²) in [4.78, 5) is 0. The van der Waals surface area contributed by atoms with E-state index in [2.05, 4.69) is 5.16 Å². The van der Waals surface area contributed by atoms with Crippen molar-refractivity contribution in [3.05, 3.63) is 64.2 Å². The van der Waals surface area contributed by atoms with Gasteiger partial charge in [-0.2, -0.15) is 0 Å². The van der Waals surface area contributed by atoms with Crippen LogP contribution in [0.5, 0.6) is 5.75 Å². The van der Waals surface area contributed by atoms with Crippen LogP contribution in [0.3, 0.4) is 0 Å². The van der Waals surface area contributed by atoms with Crippen molar-refractivity contribution < 1.29 is 18.7 Å². The maximum atomic E-state index is 13.8. The number of hydrogen-bond acceptors (Lipinski definition) is 3. The standard InChI is InChI=1S/C15H12ClF2NO2/c1-9(19-20)12-6-5-11(17)7-14(12)21-8-10-3-2-4-13(16)15(10)18/h2-7,20H,8H2,1H3/b19-9-. The molecule has 0 aromatic heterocycles. The van der Waals surface area contributed by atoms with Crippen molar-refractivity contribution in [1.29, 1.82) is 0 Å². The van der Waals surface area contributed by atoms with Crippen LogP contribution < -0.4 is 4.74 Å². The highest BCUT2D eigenvalue weighted by molar-refractivity contribution is 6.30.